The van der Waals surface area contributed by atoms with Gasteiger partial charge in [0, 0.05) is 35.8 Å². The monoisotopic (exact) mass is 460 g/mol. The third kappa shape index (κ3) is 3.83. The fourth-order valence-corrected chi connectivity index (χ4v) is 3.97. The van der Waals surface area contributed by atoms with Crippen LogP contribution >= 0.6 is 0 Å². The summed E-state index contributed by atoms with van der Waals surface area (Å²) in [4.78, 5) is 39.4. The predicted molar refractivity (Wildman–Crippen MR) is 126 cm³/mol. The third-order valence-electron chi connectivity index (χ3n) is 5.73. The number of carbonyl (C=O) groups excluding carboxylic acids is 1. The second-order valence-electron chi connectivity index (χ2n) is 7.85. The number of aryl methyl sites for hydroxylation is 2. The Kier molecular flexibility index (Phi) is 5.53. The van der Waals surface area contributed by atoms with E-state index in [9.17, 15) is 25.0 Å². The van der Waals surface area contributed by atoms with Crippen molar-refractivity contribution in [2.75, 3.05) is 5.32 Å². The lowest BCUT2D eigenvalue weighted by atomic mass is 10.0. The van der Waals surface area contributed by atoms with Crippen LogP contribution in [0.5, 0.6) is 0 Å². The summed E-state index contributed by atoms with van der Waals surface area (Å²) in [5.74, 6) is -0.577. The summed E-state index contributed by atoms with van der Waals surface area (Å²) in [7, 11) is 1.82. The van der Waals surface area contributed by atoms with Crippen LogP contribution in [0, 0.1) is 41.0 Å². The highest BCUT2D eigenvalue weighted by atomic mass is 16.6. The molecular formula is C23H20N6O5. The van der Waals surface area contributed by atoms with Gasteiger partial charge in [0.15, 0.2) is 0 Å². The summed E-state index contributed by atoms with van der Waals surface area (Å²) in [6.45, 7) is 5.04. The van der Waals surface area contributed by atoms with Crippen LogP contribution in [0.1, 0.15) is 27.3 Å². The molecule has 0 spiro atoms. The number of anilines is 1. The molecule has 2 heterocycles. The number of nitro groups is 2. The Morgan fingerprint density at radius 2 is 1.62 bits per heavy atom. The van der Waals surface area contributed by atoms with E-state index < -0.39 is 27.1 Å². The molecule has 0 atom stereocenters. The molecule has 0 bridgehead atoms. The molecule has 11 heteroatoms. The number of fused-ring (bicyclic) bond motifs is 1. The molecule has 1 amide bonds. The second kappa shape index (κ2) is 8.35. The van der Waals surface area contributed by atoms with Crippen LogP contribution in [-0.2, 0) is 7.05 Å². The van der Waals surface area contributed by atoms with Crippen molar-refractivity contribution in [3.8, 4) is 11.3 Å². The Morgan fingerprint density at radius 3 is 2.18 bits per heavy atom. The highest BCUT2D eigenvalue weighted by Gasteiger charge is 2.25. The fourth-order valence-electron chi connectivity index (χ4n) is 3.97. The first-order valence-corrected chi connectivity index (χ1v) is 10.2. The van der Waals surface area contributed by atoms with Gasteiger partial charge < -0.3 is 5.32 Å². The summed E-state index contributed by atoms with van der Waals surface area (Å²) in [5, 5.41) is 30.4. The quantitative estimate of drug-likeness (QED) is 0.337. The van der Waals surface area contributed by atoms with Crippen LogP contribution in [0.15, 0.2) is 42.5 Å². The molecule has 0 aliphatic carbocycles. The number of carbonyl (C=O) groups is 1. The van der Waals surface area contributed by atoms with E-state index in [2.05, 4.69) is 10.4 Å². The first kappa shape index (κ1) is 22.5. The molecule has 2 aromatic heterocycles. The molecule has 0 aliphatic rings. The average Bonchev–Trinajstić information content (AvgIpc) is 3.04. The van der Waals surface area contributed by atoms with E-state index in [1.54, 1.807) is 35.0 Å². The van der Waals surface area contributed by atoms with Crippen LogP contribution in [-0.4, -0.2) is 30.5 Å². The summed E-state index contributed by atoms with van der Waals surface area (Å²) >= 11 is 0. The Morgan fingerprint density at radius 1 is 1.00 bits per heavy atom. The lowest BCUT2D eigenvalue weighted by Gasteiger charge is -2.11. The molecule has 2 aromatic carbocycles. The zero-order valence-corrected chi connectivity index (χ0v) is 18.8. The van der Waals surface area contributed by atoms with Gasteiger partial charge in [-0.05, 0) is 32.9 Å². The van der Waals surface area contributed by atoms with Gasteiger partial charge in [-0.25, -0.2) is 4.98 Å². The van der Waals surface area contributed by atoms with Crippen LogP contribution < -0.4 is 5.32 Å². The molecule has 1 N–H and O–H groups in total. The van der Waals surface area contributed by atoms with E-state index >= 15 is 0 Å². The van der Waals surface area contributed by atoms with E-state index in [4.69, 9.17) is 4.98 Å². The van der Waals surface area contributed by atoms with Crippen LogP contribution in [0.25, 0.3) is 22.2 Å². The SMILES string of the molecule is Cc1nn(C)c(C)c1-c1cc(C(=O)Nc2cc([N+](=O)[O-])c(C)c([N+](=O)[O-])c2)c2ccccc2n1. The number of rotatable bonds is 5. The van der Waals surface area contributed by atoms with Gasteiger partial charge in [0.1, 0.15) is 5.56 Å². The predicted octanol–water partition coefficient (Wildman–Crippen LogP) is 4.63. The normalized spacial score (nSPS) is 10.9. The van der Waals surface area contributed by atoms with Gasteiger partial charge in [-0.3, -0.25) is 29.7 Å². The number of para-hydroxylation sites is 1. The topological polar surface area (TPSA) is 146 Å². The average molecular weight is 460 g/mol. The molecule has 0 unspecified atom stereocenters. The number of hydrogen-bond donors (Lipinski definition) is 1. The molecular weight excluding hydrogens is 440 g/mol. The van der Waals surface area contributed by atoms with Crippen LogP contribution in [0.2, 0.25) is 0 Å². The highest BCUT2D eigenvalue weighted by Crippen LogP contribution is 2.33. The van der Waals surface area contributed by atoms with Crippen molar-refractivity contribution in [2.45, 2.75) is 20.8 Å². The second-order valence-corrected chi connectivity index (χ2v) is 7.85. The summed E-state index contributed by atoms with van der Waals surface area (Å²) in [6, 6.07) is 10.9. The molecule has 34 heavy (non-hydrogen) atoms. The van der Waals surface area contributed by atoms with Crippen molar-refractivity contribution < 1.29 is 14.6 Å². The van der Waals surface area contributed by atoms with Crippen molar-refractivity contribution >= 4 is 33.9 Å². The standard InChI is InChI=1S/C23H20N6O5/c1-12-20(28(31)32)9-15(10-21(12)29(33)34)24-23(30)17-11-19(22-13(2)26-27(4)14(22)3)25-18-8-6-5-7-16(17)18/h5-11H,1-4H3,(H,24,30). The summed E-state index contributed by atoms with van der Waals surface area (Å²) < 4.78 is 1.73. The maximum absolute atomic E-state index is 13.3. The Balaban J connectivity index is 1.85. The molecule has 4 aromatic rings. The Bertz CT molecular complexity index is 1470. The largest absolute Gasteiger partial charge is 0.321 e. The van der Waals surface area contributed by atoms with Gasteiger partial charge in [-0.2, -0.15) is 5.10 Å². The van der Waals surface area contributed by atoms with Gasteiger partial charge in [-0.1, -0.05) is 18.2 Å². The van der Waals surface area contributed by atoms with Gasteiger partial charge >= 0.3 is 0 Å². The maximum Gasteiger partial charge on any atom is 0.281 e. The van der Waals surface area contributed by atoms with Gasteiger partial charge in [0.05, 0.1) is 38.0 Å². The van der Waals surface area contributed by atoms with Crippen molar-refractivity contribution in [3.05, 3.63) is 85.2 Å². The number of amides is 1. The number of nitro benzene ring substituents is 2. The lowest BCUT2D eigenvalue weighted by molar-refractivity contribution is -0.395. The zero-order chi connectivity index (χ0) is 24.7. The van der Waals surface area contributed by atoms with E-state index in [0.29, 0.717) is 16.6 Å². The molecule has 0 radical (unpaired) electrons. The Hall–Kier alpha value is -4.67. The fraction of sp³-hybridized carbons (Fsp3) is 0.174. The molecule has 0 fully saturated rings. The maximum atomic E-state index is 13.3. The molecule has 0 saturated carbocycles. The number of nitrogens with one attached hydrogen (secondary N) is 1. The zero-order valence-electron chi connectivity index (χ0n) is 18.8. The first-order chi connectivity index (χ1) is 16.1. The summed E-state index contributed by atoms with van der Waals surface area (Å²) in [6.07, 6.45) is 0. The smallest absolute Gasteiger partial charge is 0.281 e. The minimum Gasteiger partial charge on any atom is -0.321 e. The molecule has 172 valence electrons. The number of benzene rings is 2. The minimum atomic E-state index is -0.716. The van der Waals surface area contributed by atoms with Crippen molar-refractivity contribution in [1.82, 2.24) is 14.8 Å². The minimum absolute atomic E-state index is 0.0508. The van der Waals surface area contributed by atoms with Crippen molar-refractivity contribution in [3.63, 3.8) is 0 Å². The number of hydrogen-bond acceptors (Lipinski definition) is 7. The Labute approximate surface area is 193 Å². The summed E-state index contributed by atoms with van der Waals surface area (Å²) in [5.41, 5.74) is 2.77. The van der Waals surface area contributed by atoms with Gasteiger partial charge in [0.25, 0.3) is 17.3 Å². The van der Waals surface area contributed by atoms with Crippen molar-refractivity contribution in [2.24, 2.45) is 7.05 Å². The lowest BCUT2D eigenvalue weighted by Crippen LogP contribution is -2.14. The number of nitrogens with zero attached hydrogens (tertiary/aromatic N) is 5. The number of aromatic nitrogens is 3. The molecule has 4 rings (SSSR count). The first-order valence-electron chi connectivity index (χ1n) is 10.2. The van der Waals surface area contributed by atoms with Crippen LogP contribution in [0.3, 0.4) is 0 Å². The van der Waals surface area contributed by atoms with E-state index in [0.717, 1.165) is 29.1 Å². The van der Waals surface area contributed by atoms with E-state index in [-0.39, 0.29) is 16.8 Å². The molecule has 11 nitrogen and oxygen atoms in total. The highest BCUT2D eigenvalue weighted by molar-refractivity contribution is 6.13. The van der Waals surface area contributed by atoms with Crippen LogP contribution in [0.4, 0.5) is 17.1 Å². The third-order valence-corrected chi connectivity index (χ3v) is 5.73. The van der Waals surface area contributed by atoms with E-state index in [1.807, 2.05) is 20.9 Å². The van der Waals surface area contributed by atoms with E-state index in [1.165, 1.54) is 6.92 Å². The molecule has 0 saturated heterocycles. The van der Waals surface area contributed by atoms with Gasteiger partial charge in [-0.15, -0.1) is 0 Å². The van der Waals surface area contributed by atoms with Gasteiger partial charge in [0.2, 0.25) is 0 Å². The molecule has 0 aliphatic heterocycles. The van der Waals surface area contributed by atoms with Crippen molar-refractivity contribution in [1.29, 1.82) is 0 Å². The number of pyridine rings is 1.